The quantitative estimate of drug-likeness (QED) is 0.864. The predicted octanol–water partition coefficient (Wildman–Crippen LogP) is 2.95. The minimum Gasteiger partial charge on any atom is -0.329 e. The van der Waals surface area contributed by atoms with Gasteiger partial charge in [-0.25, -0.2) is 4.98 Å². The molecule has 5 heteroatoms. The van der Waals surface area contributed by atoms with Crippen molar-refractivity contribution in [2.45, 2.75) is 23.4 Å². The van der Waals surface area contributed by atoms with E-state index in [4.69, 9.17) is 5.73 Å². The molecule has 0 aliphatic carbocycles. The van der Waals surface area contributed by atoms with Crippen LogP contribution >= 0.6 is 23.3 Å². The van der Waals surface area contributed by atoms with Crippen LogP contribution in [0.1, 0.15) is 22.2 Å². The maximum absolute atomic E-state index is 5.85. The monoisotopic (exact) mass is 265 g/mol. The summed E-state index contributed by atoms with van der Waals surface area (Å²) < 4.78 is 5.17. The zero-order valence-electron chi connectivity index (χ0n) is 9.88. The van der Waals surface area contributed by atoms with Gasteiger partial charge in [0.15, 0.2) is 4.34 Å². The Balaban J connectivity index is 2.16. The van der Waals surface area contributed by atoms with Crippen molar-refractivity contribution >= 4 is 23.3 Å². The first kappa shape index (κ1) is 12.5. The number of benzene rings is 1. The summed E-state index contributed by atoms with van der Waals surface area (Å²) in [4.78, 5) is 4.36. The summed E-state index contributed by atoms with van der Waals surface area (Å²) in [6, 6.07) is 8.46. The first-order chi connectivity index (χ1) is 8.19. The van der Waals surface area contributed by atoms with E-state index in [1.807, 2.05) is 6.92 Å². The second-order valence-electron chi connectivity index (χ2n) is 3.86. The predicted molar refractivity (Wildman–Crippen MR) is 73.5 cm³/mol. The van der Waals surface area contributed by atoms with Gasteiger partial charge in [-0.05, 0) is 30.9 Å². The van der Waals surface area contributed by atoms with Crippen LogP contribution in [-0.4, -0.2) is 15.9 Å². The molecule has 0 bridgehead atoms. The van der Waals surface area contributed by atoms with E-state index in [0.29, 0.717) is 6.54 Å². The van der Waals surface area contributed by atoms with Gasteiger partial charge in [-0.1, -0.05) is 41.6 Å². The van der Waals surface area contributed by atoms with E-state index in [2.05, 4.69) is 40.5 Å². The first-order valence-electron chi connectivity index (χ1n) is 5.42. The second kappa shape index (κ2) is 5.62. The molecule has 0 spiro atoms. The molecule has 0 amide bonds. The standard InChI is InChI=1S/C12H15N3S2/c1-8-4-3-5-10(6-8)11(7-13)16-12-14-9(2)15-17-12/h3-6,11H,7,13H2,1-2H3. The molecule has 0 fully saturated rings. The van der Waals surface area contributed by atoms with Crippen LogP contribution < -0.4 is 5.73 Å². The number of nitrogens with two attached hydrogens (primary N) is 1. The van der Waals surface area contributed by atoms with Gasteiger partial charge in [0, 0.05) is 11.8 Å². The maximum Gasteiger partial charge on any atom is 0.170 e. The fourth-order valence-electron chi connectivity index (χ4n) is 1.57. The number of rotatable bonds is 4. The van der Waals surface area contributed by atoms with Crippen molar-refractivity contribution < 1.29 is 0 Å². The van der Waals surface area contributed by atoms with Gasteiger partial charge in [-0.2, -0.15) is 4.37 Å². The van der Waals surface area contributed by atoms with Gasteiger partial charge in [-0.15, -0.1) is 0 Å². The third-order valence-corrected chi connectivity index (χ3v) is 4.54. The summed E-state index contributed by atoms with van der Waals surface area (Å²) in [5.41, 5.74) is 8.36. The van der Waals surface area contributed by atoms with Crippen molar-refractivity contribution in [1.82, 2.24) is 9.36 Å². The molecule has 1 atom stereocenters. The minimum absolute atomic E-state index is 0.252. The highest BCUT2D eigenvalue weighted by molar-refractivity contribution is 8.01. The van der Waals surface area contributed by atoms with Crippen molar-refractivity contribution in [2.75, 3.05) is 6.54 Å². The fraction of sp³-hybridized carbons (Fsp3) is 0.333. The Morgan fingerprint density at radius 1 is 1.41 bits per heavy atom. The van der Waals surface area contributed by atoms with Gasteiger partial charge in [0.2, 0.25) is 0 Å². The molecular formula is C12H15N3S2. The number of aryl methyl sites for hydroxylation is 2. The molecule has 1 aromatic carbocycles. The van der Waals surface area contributed by atoms with Crippen molar-refractivity contribution in [3.8, 4) is 0 Å². The van der Waals surface area contributed by atoms with Gasteiger partial charge >= 0.3 is 0 Å². The summed E-state index contributed by atoms with van der Waals surface area (Å²) >= 11 is 3.13. The lowest BCUT2D eigenvalue weighted by Gasteiger charge is -2.13. The average Bonchev–Trinajstić information content (AvgIpc) is 2.72. The Labute approximate surface area is 110 Å². The van der Waals surface area contributed by atoms with Crippen LogP contribution in [0.5, 0.6) is 0 Å². The number of nitrogens with zero attached hydrogens (tertiary/aromatic N) is 2. The lowest BCUT2D eigenvalue weighted by molar-refractivity contribution is 0.936. The SMILES string of the molecule is Cc1cccc(C(CN)Sc2nc(C)ns2)c1. The summed E-state index contributed by atoms with van der Waals surface area (Å²) in [5.74, 6) is 0.831. The van der Waals surface area contributed by atoms with Gasteiger partial charge in [0.1, 0.15) is 5.82 Å². The lowest BCUT2D eigenvalue weighted by atomic mass is 10.1. The largest absolute Gasteiger partial charge is 0.329 e. The molecule has 1 unspecified atom stereocenters. The highest BCUT2D eigenvalue weighted by Crippen LogP contribution is 2.35. The highest BCUT2D eigenvalue weighted by atomic mass is 32.2. The van der Waals surface area contributed by atoms with Crippen LogP contribution in [-0.2, 0) is 0 Å². The van der Waals surface area contributed by atoms with Crippen LogP contribution in [0.4, 0.5) is 0 Å². The zero-order valence-corrected chi connectivity index (χ0v) is 11.5. The molecule has 0 radical (unpaired) electrons. The molecule has 2 N–H and O–H groups in total. The van der Waals surface area contributed by atoms with Crippen molar-refractivity contribution in [1.29, 1.82) is 0 Å². The Kier molecular flexibility index (Phi) is 4.15. The Morgan fingerprint density at radius 3 is 2.82 bits per heavy atom. The molecule has 0 saturated heterocycles. The van der Waals surface area contributed by atoms with Crippen molar-refractivity contribution in [3.63, 3.8) is 0 Å². The van der Waals surface area contributed by atoms with E-state index in [1.165, 1.54) is 22.7 Å². The number of aromatic nitrogens is 2. The fourth-order valence-corrected chi connectivity index (χ4v) is 3.43. The summed E-state index contributed by atoms with van der Waals surface area (Å²) in [5, 5.41) is 0.252. The first-order valence-corrected chi connectivity index (χ1v) is 7.08. The third kappa shape index (κ3) is 3.28. The van der Waals surface area contributed by atoms with E-state index in [0.717, 1.165) is 10.2 Å². The molecule has 0 aliphatic heterocycles. The lowest BCUT2D eigenvalue weighted by Crippen LogP contribution is -2.09. The number of thioether (sulfide) groups is 1. The Bertz CT molecular complexity index is 496. The highest BCUT2D eigenvalue weighted by Gasteiger charge is 2.14. The maximum atomic E-state index is 5.85. The summed E-state index contributed by atoms with van der Waals surface area (Å²) in [6.45, 7) is 4.61. The number of hydrogen-bond donors (Lipinski definition) is 1. The van der Waals surface area contributed by atoms with E-state index in [9.17, 15) is 0 Å². The summed E-state index contributed by atoms with van der Waals surface area (Å²) in [7, 11) is 0. The van der Waals surface area contributed by atoms with Gasteiger partial charge < -0.3 is 5.73 Å². The molecule has 0 aliphatic rings. The van der Waals surface area contributed by atoms with Gasteiger partial charge in [0.25, 0.3) is 0 Å². The molecule has 17 heavy (non-hydrogen) atoms. The topological polar surface area (TPSA) is 51.8 Å². The van der Waals surface area contributed by atoms with Crippen LogP contribution in [0.15, 0.2) is 28.6 Å². The van der Waals surface area contributed by atoms with E-state index < -0.39 is 0 Å². The normalized spacial score (nSPS) is 12.6. The molecule has 2 rings (SSSR count). The van der Waals surface area contributed by atoms with Gasteiger partial charge in [0.05, 0.1) is 0 Å². The molecule has 1 aromatic heterocycles. The molecule has 2 aromatic rings. The van der Waals surface area contributed by atoms with Crippen molar-refractivity contribution in [2.24, 2.45) is 5.73 Å². The smallest absolute Gasteiger partial charge is 0.170 e. The second-order valence-corrected chi connectivity index (χ2v) is 6.07. The third-order valence-electron chi connectivity index (χ3n) is 2.38. The van der Waals surface area contributed by atoms with Crippen LogP contribution in [0.3, 0.4) is 0 Å². The number of hydrogen-bond acceptors (Lipinski definition) is 5. The molecule has 3 nitrogen and oxygen atoms in total. The molecule has 1 heterocycles. The molecule has 90 valence electrons. The van der Waals surface area contributed by atoms with E-state index in [-0.39, 0.29) is 5.25 Å². The van der Waals surface area contributed by atoms with Gasteiger partial charge in [-0.3, -0.25) is 0 Å². The zero-order chi connectivity index (χ0) is 12.3. The van der Waals surface area contributed by atoms with Crippen molar-refractivity contribution in [3.05, 3.63) is 41.2 Å². The van der Waals surface area contributed by atoms with E-state index in [1.54, 1.807) is 11.8 Å². The summed E-state index contributed by atoms with van der Waals surface area (Å²) in [6.07, 6.45) is 0. The van der Waals surface area contributed by atoms with Crippen LogP contribution in [0.2, 0.25) is 0 Å². The van der Waals surface area contributed by atoms with E-state index >= 15 is 0 Å². The average molecular weight is 265 g/mol. The van der Waals surface area contributed by atoms with Crippen LogP contribution in [0, 0.1) is 13.8 Å². The Morgan fingerprint density at radius 2 is 2.24 bits per heavy atom. The molecule has 0 saturated carbocycles. The molecular weight excluding hydrogens is 250 g/mol. The Hall–Kier alpha value is -0.910. The minimum atomic E-state index is 0.252. The van der Waals surface area contributed by atoms with Crippen LogP contribution in [0.25, 0.3) is 0 Å².